The van der Waals surface area contributed by atoms with Gasteiger partial charge >= 0.3 is 9.28 Å². The van der Waals surface area contributed by atoms with Crippen molar-refractivity contribution in [2.75, 3.05) is 0 Å². The largest absolute Gasteiger partial charge is 0.413 e. The molecule has 5 heteroatoms. The van der Waals surface area contributed by atoms with Crippen molar-refractivity contribution < 1.29 is 13.6 Å². The van der Waals surface area contributed by atoms with Gasteiger partial charge in [-0.15, -0.1) is 0 Å². The fraction of sp³-hybridized carbons (Fsp3) is 0.923. The summed E-state index contributed by atoms with van der Waals surface area (Å²) in [7, 11) is -1.57. The van der Waals surface area contributed by atoms with Crippen LogP contribution >= 0.6 is 0 Å². The SMILES string of the molecule is CC(C)CCC(N=C=O)[Si](OC(C)C)OC(C)C. The van der Waals surface area contributed by atoms with E-state index in [0.29, 0.717) is 5.92 Å². The topological polar surface area (TPSA) is 47.9 Å². The maximum absolute atomic E-state index is 10.5. The number of hydrogen-bond donors (Lipinski definition) is 0. The zero-order valence-corrected chi connectivity index (χ0v) is 13.4. The molecule has 1 unspecified atom stereocenters. The number of isocyanates is 1. The minimum Gasteiger partial charge on any atom is -0.390 e. The molecule has 0 aliphatic rings. The van der Waals surface area contributed by atoms with Gasteiger partial charge in [-0.2, -0.15) is 0 Å². The summed E-state index contributed by atoms with van der Waals surface area (Å²) in [6, 6.07) is 0. The molecule has 0 aliphatic carbocycles. The van der Waals surface area contributed by atoms with Crippen molar-refractivity contribution >= 4 is 15.4 Å². The van der Waals surface area contributed by atoms with E-state index in [1.54, 1.807) is 6.08 Å². The summed E-state index contributed by atoms with van der Waals surface area (Å²) in [5.41, 5.74) is -0.167. The molecule has 0 rings (SSSR count). The van der Waals surface area contributed by atoms with Crippen molar-refractivity contribution in [2.24, 2.45) is 10.9 Å². The molecule has 1 radical (unpaired) electrons. The van der Waals surface area contributed by atoms with Gasteiger partial charge in [0.25, 0.3) is 0 Å². The zero-order chi connectivity index (χ0) is 14.1. The summed E-state index contributed by atoms with van der Waals surface area (Å²) in [4.78, 5) is 14.4. The van der Waals surface area contributed by atoms with Gasteiger partial charge in [0.15, 0.2) is 0 Å². The minimum atomic E-state index is -1.57. The summed E-state index contributed by atoms with van der Waals surface area (Å²) < 4.78 is 11.6. The van der Waals surface area contributed by atoms with E-state index in [2.05, 4.69) is 18.8 Å². The van der Waals surface area contributed by atoms with Crippen LogP contribution in [-0.4, -0.2) is 33.2 Å². The van der Waals surface area contributed by atoms with Crippen molar-refractivity contribution in [1.82, 2.24) is 0 Å². The maximum Gasteiger partial charge on any atom is 0.413 e. The molecule has 0 aromatic rings. The molecule has 0 fully saturated rings. The summed E-state index contributed by atoms with van der Waals surface area (Å²) >= 11 is 0. The van der Waals surface area contributed by atoms with Crippen LogP contribution in [0.25, 0.3) is 0 Å². The minimum absolute atomic E-state index is 0.0843. The molecule has 105 valence electrons. The third kappa shape index (κ3) is 8.58. The fourth-order valence-corrected chi connectivity index (χ4v) is 3.30. The number of nitrogens with zero attached hydrogens (tertiary/aromatic N) is 1. The first kappa shape index (κ1) is 17.5. The lowest BCUT2D eigenvalue weighted by molar-refractivity contribution is 0.122. The number of hydrogen-bond acceptors (Lipinski definition) is 4. The van der Waals surface area contributed by atoms with Crippen molar-refractivity contribution in [3.8, 4) is 0 Å². The van der Waals surface area contributed by atoms with Crippen LogP contribution < -0.4 is 0 Å². The second kappa shape index (κ2) is 9.45. The Kier molecular flexibility index (Phi) is 9.19. The van der Waals surface area contributed by atoms with Gasteiger partial charge in [0.05, 0.1) is 0 Å². The number of carbonyl (C=O) groups excluding carboxylic acids is 1. The van der Waals surface area contributed by atoms with Crippen LogP contribution in [0, 0.1) is 5.92 Å². The highest BCUT2D eigenvalue weighted by molar-refractivity contribution is 6.46. The molecule has 0 aromatic heterocycles. The lowest BCUT2D eigenvalue weighted by Gasteiger charge is -2.24. The monoisotopic (exact) mass is 272 g/mol. The molecule has 1 atom stereocenters. The molecule has 0 heterocycles. The second-order valence-electron chi connectivity index (χ2n) is 5.36. The Bertz CT molecular complexity index is 253. The molecule has 18 heavy (non-hydrogen) atoms. The Morgan fingerprint density at radius 1 is 1.00 bits per heavy atom. The molecule has 0 saturated carbocycles. The van der Waals surface area contributed by atoms with Crippen LogP contribution in [0.2, 0.25) is 0 Å². The molecular weight excluding hydrogens is 246 g/mol. The van der Waals surface area contributed by atoms with Gasteiger partial charge in [-0.25, -0.2) is 9.79 Å². The van der Waals surface area contributed by atoms with E-state index < -0.39 is 9.28 Å². The Morgan fingerprint density at radius 3 is 1.83 bits per heavy atom. The van der Waals surface area contributed by atoms with Crippen LogP contribution in [0.4, 0.5) is 0 Å². The highest BCUT2D eigenvalue weighted by Gasteiger charge is 2.30. The van der Waals surface area contributed by atoms with Crippen molar-refractivity contribution in [3.05, 3.63) is 0 Å². The van der Waals surface area contributed by atoms with E-state index >= 15 is 0 Å². The number of rotatable bonds is 9. The Hall–Kier alpha value is -0.483. The lowest BCUT2D eigenvalue weighted by Crippen LogP contribution is -2.40. The first-order valence-electron chi connectivity index (χ1n) is 6.63. The number of aliphatic imine (C=N–C) groups is 1. The lowest BCUT2D eigenvalue weighted by atomic mass is 10.1. The summed E-state index contributed by atoms with van der Waals surface area (Å²) in [5, 5.41) is 0. The van der Waals surface area contributed by atoms with E-state index in [-0.39, 0.29) is 17.9 Å². The highest BCUT2D eigenvalue weighted by Crippen LogP contribution is 2.15. The second-order valence-corrected chi connectivity index (χ2v) is 7.14. The Morgan fingerprint density at radius 2 is 1.50 bits per heavy atom. The van der Waals surface area contributed by atoms with Crippen molar-refractivity contribution in [3.63, 3.8) is 0 Å². The molecule has 0 saturated heterocycles. The molecular formula is C13H26NO3Si. The molecule has 0 aliphatic heterocycles. The van der Waals surface area contributed by atoms with Crippen molar-refractivity contribution in [2.45, 2.75) is 72.3 Å². The van der Waals surface area contributed by atoms with Crippen LogP contribution in [0.3, 0.4) is 0 Å². The van der Waals surface area contributed by atoms with Gasteiger partial charge in [-0.05, 0) is 46.5 Å². The molecule has 0 bridgehead atoms. The highest BCUT2D eigenvalue weighted by atomic mass is 28.3. The normalized spacial score (nSPS) is 13.4. The van der Waals surface area contributed by atoms with E-state index in [0.717, 1.165) is 12.8 Å². The summed E-state index contributed by atoms with van der Waals surface area (Å²) in [5.74, 6) is 0.579. The molecule has 4 nitrogen and oxygen atoms in total. The van der Waals surface area contributed by atoms with Gasteiger partial charge < -0.3 is 8.85 Å². The van der Waals surface area contributed by atoms with Gasteiger partial charge in [0, 0.05) is 12.2 Å². The van der Waals surface area contributed by atoms with E-state index in [4.69, 9.17) is 8.85 Å². The van der Waals surface area contributed by atoms with Gasteiger partial charge in [0.2, 0.25) is 6.08 Å². The predicted molar refractivity (Wildman–Crippen MR) is 74.2 cm³/mol. The van der Waals surface area contributed by atoms with Gasteiger partial charge in [-0.3, -0.25) is 0 Å². The van der Waals surface area contributed by atoms with Crippen LogP contribution in [0.5, 0.6) is 0 Å². The Balaban J connectivity index is 4.66. The molecule has 0 amide bonds. The maximum atomic E-state index is 10.5. The average molecular weight is 272 g/mol. The first-order chi connectivity index (χ1) is 8.36. The van der Waals surface area contributed by atoms with E-state index in [1.807, 2.05) is 27.7 Å². The third-order valence-corrected chi connectivity index (χ3v) is 4.57. The van der Waals surface area contributed by atoms with Crippen LogP contribution in [0.1, 0.15) is 54.4 Å². The fourth-order valence-electron chi connectivity index (χ4n) is 1.44. The quantitative estimate of drug-likeness (QED) is 0.368. The first-order valence-corrected chi connectivity index (χ1v) is 8.03. The predicted octanol–water partition coefficient (Wildman–Crippen LogP) is 3.00. The standard InChI is InChI=1S/C13H26NO3Si/c1-10(2)7-8-13(14-9-15)18(16-11(3)4)17-12(5)6/h10-13H,7-8H2,1-6H3. The molecule has 0 aromatic carbocycles. The smallest absolute Gasteiger partial charge is 0.390 e. The summed E-state index contributed by atoms with van der Waals surface area (Å²) in [6.45, 7) is 12.2. The Labute approximate surface area is 113 Å². The summed E-state index contributed by atoms with van der Waals surface area (Å²) in [6.07, 6.45) is 3.65. The molecule has 0 spiro atoms. The zero-order valence-electron chi connectivity index (χ0n) is 12.4. The third-order valence-electron chi connectivity index (χ3n) is 2.20. The van der Waals surface area contributed by atoms with E-state index in [9.17, 15) is 4.79 Å². The van der Waals surface area contributed by atoms with Gasteiger partial charge in [0.1, 0.15) is 5.67 Å². The van der Waals surface area contributed by atoms with Gasteiger partial charge in [-0.1, -0.05) is 13.8 Å². The average Bonchev–Trinajstić information content (AvgIpc) is 2.21. The van der Waals surface area contributed by atoms with Crippen LogP contribution in [-0.2, 0) is 13.6 Å². The molecule has 0 N–H and O–H groups in total. The van der Waals surface area contributed by atoms with E-state index in [1.165, 1.54) is 0 Å². The van der Waals surface area contributed by atoms with Crippen molar-refractivity contribution in [1.29, 1.82) is 0 Å². The van der Waals surface area contributed by atoms with Crippen LogP contribution in [0.15, 0.2) is 4.99 Å².